The van der Waals surface area contributed by atoms with Gasteiger partial charge in [0.2, 0.25) is 0 Å². The Morgan fingerprint density at radius 2 is 2.11 bits per heavy atom. The fourth-order valence-corrected chi connectivity index (χ4v) is 4.93. The number of aliphatic hydroxyl groups is 2. The van der Waals surface area contributed by atoms with Crippen LogP contribution in [0.5, 0.6) is 0 Å². The Hall–Kier alpha value is -1.99. The number of ether oxygens (including phenoxy) is 2. The Morgan fingerprint density at radius 3 is 2.70 bits per heavy atom. The molecule has 0 radical (unpaired) electrons. The lowest BCUT2D eigenvalue weighted by atomic mass is 9.76. The molecule has 2 N–H and O–H groups in total. The minimum absolute atomic E-state index is 0.0861. The Kier molecular flexibility index (Phi) is 5.03. The van der Waals surface area contributed by atoms with E-state index in [2.05, 4.69) is 6.58 Å². The van der Waals surface area contributed by atoms with Crippen LogP contribution in [0.2, 0.25) is 0 Å². The highest BCUT2D eigenvalue weighted by Crippen LogP contribution is 2.54. The standard InChI is InChI=1S/C20H26O7/c1-5-9(2)18(23)27-17-13-10(3)19(24)26-16(13)14-11(6-7-20(14,4)25)12(8-21)15(17)22/h5,8,11-17,22,25H,3,6-7H2,1-2,4H3/b9-5-/t11-,12-,13-,14-,15+,16-,17-,20-/m0/s1. The van der Waals surface area contributed by atoms with E-state index in [1.54, 1.807) is 26.8 Å². The fourth-order valence-electron chi connectivity index (χ4n) is 4.93. The molecule has 0 spiro atoms. The van der Waals surface area contributed by atoms with Crippen LogP contribution in [-0.2, 0) is 23.9 Å². The van der Waals surface area contributed by atoms with E-state index < -0.39 is 53.6 Å². The molecule has 0 aromatic heterocycles. The molecule has 0 amide bonds. The minimum Gasteiger partial charge on any atom is -0.458 e. The van der Waals surface area contributed by atoms with E-state index in [0.717, 1.165) is 0 Å². The highest BCUT2D eigenvalue weighted by Gasteiger charge is 2.63. The van der Waals surface area contributed by atoms with Gasteiger partial charge in [-0.15, -0.1) is 0 Å². The molecule has 0 aromatic rings. The van der Waals surface area contributed by atoms with Crippen LogP contribution in [0.1, 0.15) is 33.6 Å². The third kappa shape index (κ3) is 3.02. The van der Waals surface area contributed by atoms with Gasteiger partial charge in [0, 0.05) is 23.0 Å². The van der Waals surface area contributed by atoms with Crippen molar-refractivity contribution in [3.05, 3.63) is 23.8 Å². The molecule has 7 nitrogen and oxygen atoms in total. The molecule has 0 aromatic carbocycles. The highest BCUT2D eigenvalue weighted by molar-refractivity contribution is 5.92. The first-order chi connectivity index (χ1) is 12.6. The summed E-state index contributed by atoms with van der Waals surface area (Å²) < 4.78 is 11.1. The van der Waals surface area contributed by atoms with Crippen LogP contribution >= 0.6 is 0 Å². The van der Waals surface area contributed by atoms with Crippen molar-refractivity contribution in [1.29, 1.82) is 0 Å². The lowest BCUT2D eigenvalue weighted by molar-refractivity contribution is -0.159. The summed E-state index contributed by atoms with van der Waals surface area (Å²) in [7, 11) is 0. The monoisotopic (exact) mass is 378 g/mol. The van der Waals surface area contributed by atoms with Crippen molar-refractivity contribution >= 4 is 18.2 Å². The normalized spacial score (nSPS) is 44.2. The third-order valence-corrected chi connectivity index (χ3v) is 6.51. The minimum atomic E-state index is -1.32. The van der Waals surface area contributed by atoms with Gasteiger partial charge in [0.05, 0.1) is 11.5 Å². The van der Waals surface area contributed by atoms with Crippen LogP contribution in [0.4, 0.5) is 0 Å². The van der Waals surface area contributed by atoms with Crippen LogP contribution < -0.4 is 0 Å². The number of rotatable bonds is 3. The molecular formula is C20H26O7. The molecule has 3 rings (SSSR count). The quantitative estimate of drug-likeness (QED) is 0.427. The van der Waals surface area contributed by atoms with Gasteiger partial charge in [-0.2, -0.15) is 0 Å². The van der Waals surface area contributed by atoms with Crippen molar-refractivity contribution in [2.45, 2.75) is 57.5 Å². The maximum Gasteiger partial charge on any atom is 0.334 e. The van der Waals surface area contributed by atoms with Crippen molar-refractivity contribution < 1.29 is 34.1 Å². The van der Waals surface area contributed by atoms with E-state index in [4.69, 9.17) is 9.47 Å². The number of hydrogen-bond acceptors (Lipinski definition) is 7. The largest absolute Gasteiger partial charge is 0.458 e. The summed E-state index contributed by atoms with van der Waals surface area (Å²) in [6.07, 6.45) is -0.138. The van der Waals surface area contributed by atoms with Gasteiger partial charge in [-0.05, 0) is 39.5 Å². The van der Waals surface area contributed by atoms with Crippen LogP contribution in [0.3, 0.4) is 0 Å². The van der Waals surface area contributed by atoms with Crippen molar-refractivity contribution in [1.82, 2.24) is 0 Å². The molecule has 7 heteroatoms. The van der Waals surface area contributed by atoms with E-state index in [9.17, 15) is 24.6 Å². The Bertz CT molecular complexity index is 707. The first-order valence-electron chi connectivity index (χ1n) is 9.23. The summed E-state index contributed by atoms with van der Waals surface area (Å²) >= 11 is 0. The first kappa shape index (κ1) is 19.8. The summed E-state index contributed by atoms with van der Waals surface area (Å²) in [6.45, 7) is 8.67. The van der Waals surface area contributed by atoms with Crippen LogP contribution in [0.15, 0.2) is 23.8 Å². The molecule has 2 aliphatic carbocycles. The number of hydrogen-bond donors (Lipinski definition) is 2. The molecule has 148 valence electrons. The zero-order valence-corrected chi connectivity index (χ0v) is 15.8. The van der Waals surface area contributed by atoms with Gasteiger partial charge in [0.25, 0.3) is 0 Å². The van der Waals surface area contributed by atoms with Gasteiger partial charge in [0.15, 0.2) is 0 Å². The van der Waals surface area contributed by atoms with E-state index in [-0.39, 0.29) is 11.5 Å². The van der Waals surface area contributed by atoms with Gasteiger partial charge in [-0.1, -0.05) is 12.7 Å². The first-order valence-corrected chi connectivity index (χ1v) is 9.23. The molecule has 27 heavy (non-hydrogen) atoms. The van der Waals surface area contributed by atoms with E-state index in [1.807, 2.05) is 0 Å². The van der Waals surface area contributed by atoms with Gasteiger partial charge < -0.3 is 24.5 Å². The van der Waals surface area contributed by atoms with Crippen molar-refractivity contribution in [3.8, 4) is 0 Å². The Morgan fingerprint density at radius 1 is 1.44 bits per heavy atom. The zero-order valence-electron chi connectivity index (χ0n) is 15.8. The number of esters is 2. The van der Waals surface area contributed by atoms with Gasteiger partial charge >= 0.3 is 11.9 Å². The summed E-state index contributed by atoms with van der Waals surface area (Å²) in [5, 5.41) is 21.9. The van der Waals surface area contributed by atoms with E-state index in [1.165, 1.54) is 0 Å². The molecule has 8 atom stereocenters. The van der Waals surface area contributed by atoms with Crippen molar-refractivity contribution in [2.75, 3.05) is 0 Å². The molecule has 1 aliphatic heterocycles. The SMILES string of the molecule is C=C1C(=O)O[C@H]2[C@H]1[C@H](OC(=O)/C(C)=C\C)[C@H](O)[C@@H](C=O)[C@@H]1CC[C@](C)(O)[C@@H]12. The topological polar surface area (TPSA) is 110 Å². The van der Waals surface area contributed by atoms with Crippen molar-refractivity contribution in [3.63, 3.8) is 0 Å². The number of carbonyl (C=O) groups excluding carboxylic acids is 3. The number of fused-ring (bicyclic) bond motifs is 3. The average Bonchev–Trinajstić information content (AvgIpc) is 3.04. The average molecular weight is 378 g/mol. The number of allylic oxidation sites excluding steroid dienone is 1. The van der Waals surface area contributed by atoms with Crippen LogP contribution in [-0.4, -0.2) is 52.4 Å². The molecule has 3 aliphatic rings. The molecule has 0 unspecified atom stereocenters. The smallest absolute Gasteiger partial charge is 0.334 e. The summed E-state index contributed by atoms with van der Waals surface area (Å²) in [4.78, 5) is 36.4. The lowest BCUT2D eigenvalue weighted by Crippen LogP contribution is -2.45. The molecule has 0 bridgehead atoms. The van der Waals surface area contributed by atoms with Crippen LogP contribution in [0, 0.1) is 23.7 Å². The number of aldehydes is 1. The lowest BCUT2D eigenvalue weighted by Gasteiger charge is -2.35. The van der Waals surface area contributed by atoms with E-state index >= 15 is 0 Å². The Labute approximate surface area is 158 Å². The maximum atomic E-state index is 12.4. The summed E-state index contributed by atoms with van der Waals surface area (Å²) in [5.41, 5.74) is -0.742. The maximum absolute atomic E-state index is 12.4. The predicted molar refractivity (Wildman–Crippen MR) is 94.2 cm³/mol. The second-order valence-corrected chi connectivity index (χ2v) is 8.05. The van der Waals surface area contributed by atoms with Gasteiger partial charge in [-0.25, -0.2) is 9.59 Å². The molecule has 1 saturated heterocycles. The number of carbonyl (C=O) groups is 3. The second-order valence-electron chi connectivity index (χ2n) is 8.05. The number of aliphatic hydroxyl groups excluding tert-OH is 1. The summed E-state index contributed by atoms with van der Waals surface area (Å²) in [5.74, 6) is -3.87. The molecule has 3 fully saturated rings. The second kappa shape index (κ2) is 6.87. The van der Waals surface area contributed by atoms with E-state index in [0.29, 0.717) is 24.7 Å². The molecular weight excluding hydrogens is 352 g/mol. The Balaban J connectivity index is 2.08. The molecule has 2 saturated carbocycles. The fraction of sp³-hybridized carbons (Fsp3) is 0.650. The predicted octanol–water partition coefficient (Wildman–Crippen LogP) is 0.929. The summed E-state index contributed by atoms with van der Waals surface area (Å²) in [6, 6.07) is 0. The third-order valence-electron chi connectivity index (χ3n) is 6.51. The van der Waals surface area contributed by atoms with Gasteiger partial charge in [0.1, 0.15) is 24.6 Å². The van der Waals surface area contributed by atoms with Crippen molar-refractivity contribution in [2.24, 2.45) is 23.7 Å². The zero-order chi connectivity index (χ0) is 20.1. The van der Waals surface area contributed by atoms with Crippen LogP contribution in [0.25, 0.3) is 0 Å². The van der Waals surface area contributed by atoms with Gasteiger partial charge in [-0.3, -0.25) is 0 Å². The highest BCUT2D eigenvalue weighted by atomic mass is 16.6. The molecule has 1 heterocycles.